The topological polar surface area (TPSA) is 47.9 Å². The third-order valence-electron chi connectivity index (χ3n) is 4.42. The van der Waals surface area contributed by atoms with Crippen LogP contribution < -0.4 is 0 Å². The molecule has 2 aromatic rings. The van der Waals surface area contributed by atoms with E-state index in [2.05, 4.69) is 0 Å². The van der Waals surface area contributed by atoms with Crippen LogP contribution in [0.15, 0.2) is 60.7 Å². The molecule has 3 atom stereocenters. The molecule has 0 bridgehead atoms. The standard InChI is InChI=1S/C20H20F4O4/c21-19(22)17(27-12-15-9-5-2-6-10-15)16(28-18(25)20(19,23)24)13-26-11-14-7-3-1-4-8-14/h1-10,16-18,25H,11-13H2/t16-,17+,18?/m1/s1. The lowest BCUT2D eigenvalue weighted by Crippen LogP contribution is -2.67. The molecular weight excluding hydrogens is 380 g/mol. The Morgan fingerprint density at radius 2 is 1.36 bits per heavy atom. The van der Waals surface area contributed by atoms with Crippen LogP contribution in [-0.2, 0) is 27.4 Å². The van der Waals surface area contributed by atoms with Crippen molar-refractivity contribution in [2.45, 2.75) is 43.6 Å². The number of aliphatic hydroxyl groups excluding tert-OH is 1. The highest BCUT2D eigenvalue weighted by molar-refractivity contribution is 5.14. The number of ether oxygens (including phenoxy) is 3. The molecule has 0 amide bonds. The van der Waals surface area contributed by atoms with Crippen LogP contribution >= 0.6 is 0 Å². The fourth-order valence-electron chi connectivity index (χ4n) is 2.88. The van der Waals surface area contributed by atoms with Gasteiger partial charge in [-0.25, -0.2) is 0 Å². The predicted octanol–water partition coefficient (Wildman–Crippen LogP) is 3.78. The Kier molecular flexibility index (Phi) is 6.34. The maximum Gasteiger partial charge on any atom is 0.362 e. The molecule has 28 heavy (non-hydrogen) atoms. The third kappa shape index (κ3) is 4.35. The van der Waals surface area contributed by atoms with Gasteiger partial charge >= 0.3 is 11.8 Å². The zero-order valence-corrected chi connectivity index (χ0v) is 14.8. The molecule has 0 aliphatic carbocycles. The first-order valence-corrected chi connectivity index (χ1v) is 8.68. The zero-order valence-electron chi connectivity index (χ0n) is 14.8. The molecule has 1 unspecified atom stereocenters. The summed E-state index contributed by atoms with van der Waals surface area (Å²) in [5.74, 6) is -9.43. The van der Waals surface area contributed by atoms with E-state index in [0.29, 0.717) is 5.56 Å². The highest BCUT2D eigenvalue weighted by atomic mass is 19.3. The van der Waals surface area contributed by atoms with Gasteiger partial charge in [-0.1, -0.05) is 60.7 Å². The van der Waals surface area contributed by atoms with Crippen molar-refractivity contribution < 1.29 is 36.9 Å². The zero-order chi connectivity index (χ0) is 20.2. The van der Waals surface area contributed by atoms with Crippen molar-refractivity contribution in [2.75, 3.05) is 6.61 Å². The number of halogens is 4. The lowest BCUT2D eigenvalue weighted by molar-refractivity contribution is -0.402. The molecule has 1 aliphatic heterocycles. The minimum Gasteiger partial charge on any atom is -0.374 e. The summed E-state index contributed by atoms with van der Waals surface area (Å²) in [5, 5.41) is 9.40. The molecular formula is C20H20F4O4. The van der Waals surface area contributed by atoms with E-state index in [1.54, 1.807) is 60.7 Å². The van der Waals surface area contributed by atoms with E-state index < -0.39 is 36.9 Å². The van der Waals surface area contributed by atoms with E-state index >= 15 is 0 Å². The van der Waals surface area contributed by atoms with Crippen LogP contribution in [0.2, 0.25) is 0 Å². The number of hydrogen-bond donors (Lipinski definition) is 1. The summed E-state index contributed by atoms with van der Waals surface area (Å²) in [7, 11) is 0. The van der Waals surface area contributed by atoms with E-state index in [1.165, 1.54) is 0 Å². The van der Waals surface area contributed by atoms with Gasteiger partial charge in [0.15, 0.2) is 6.10 Å². The lowest BCUT2D eigenvalue weighted by Gasteiger charge is -2.44. The number of alkyl halides is 4. The number of rotatable bonds is 7. The first-order chi connectivity index (χ1) is 13.3. The number of benzene rings is 2. The molecule has 1 N–H and O–H groups in total. The Balaban J connectivity index is 1.71. The van der Waals surface area contributed by atoms with Gasteiger partial charge in [0.2, 0.25) is 6.29 Å². The normalized spacial score (nSPS) is 26.1. The van der Waals surface area contributed by atoms with Crippen LogP contribution in [0.4, 0.5) is 17.6 Å². The summed E-state index contributed by atoms with van der Waals surface area (Å²) in [6.07, 6.45) is -6.82. The fourth-order valence-corrected chi connectivity index (χ4v) is 2.88. The van der Waals surface area contributed by atoms with Gasteiger partial charge in [0.1, 0.15) is 6.10 Å². The molecule has 1 saturated heterocycles. The Morgan fingerprint density at radius 3 is 1.93 bits per heavy atom. The van der Waals surface area contributed by atoms with Gasteiger partial charge in [-0.2, -0.15) is 17.6 Å². The summed E-state index contributed by atoms with van der Waals surface area (Å²) in [5.41, 5.74) is 1.31. The second-order valence-electron chi connectivity index (χ2n) is 6.49. The van der Waals surface area contributed by atoms with Crippen LogP contribution in [0.25, 0.3) is 0 Å². The van der Waals surface area contributed by atoms with Crippen molar-refractivity contribution >= 4 is 0 Å². The first-order valence-electron chi connectivity index (χ1n) is 8.68. The average molecular weight is 400 g/mol. The van der Waals surface area contributed by atoms with Gasteiger partial charge in [-0.3, -0.25) is 0 Å². The minimum absolute atomic E-state index is 0.0736. The van der Waals surface area contributed by atoms with Crippen molar-refractivity contribution in [1.29, 1.82) is 0 Å². The van der Waals surface area contributed by atoms with Crippen molar-refractivity contribution in [3.8, 4) is 0 Å². The summed E-state index contributed by atoms with van der Waals surface area (Å²) in [6.45, 7) is -0.687. The second kappa shape index (κ2) is 8.57. The van der Waals surface area contributed by atoms with Crippen molar-refractivity contribution in [3.63, 3.8) is 0 Å². The molecule has 4 nitrogen and oxygen atoms in total. The Hall–Kier alpha value is -2.00. The molecule has 3 rings (SSSR count). The van der Waals surface area contributed by atoms with Crippen molar-refractivity contribution in [3.05, 3.63) is 71.8 Å². The van der Waals surface area contributed by atoms with E-state index in [9.17, 15) is 22.7 Å². The molecule has 8 heteroatoms. The van der Waals surface area contributed by atoms with Gasteiger partial charge < -0.3 is 19.3 Å². The third-order valence-corrected chi connectivity index (χ3v) is 4.42. The first kappa shape index (κ1) is 20.7. The van der Waals surface area contributed by atoms with Gasteiger partial charge in [-0.05, 0) is 11.1 Å². The van der Waals surface area contributed by atoms with E-state index in [-0.39, 0.29) is 13.2 Å². The predicted molar refractivity (Wildman–Crippen MR) is 91.9 cm³/mol. The summed E-state index contributed by atoms with van der Waals surface area (Å²) < 4.78 is 71.8. The minimum atomic E-state index is -4.79. The Morgan fingerprint density at radius 1 is 0.821 bits per heavy atom. The van der Waals surface area contributed by atoms with Gasteiger partial charge in [0, 0.05) is 0 Å². The molecule has 152 valence electrons. The van der Waals surface area contributed by atoms with E-state index in [4.69, 9.17) is 14.2 Å². The molecule has 0 aromatic heterocycles. The van der Waals surface area contributed by atoms with Crippen LogP contribution in [0.1, 0.15) is 11.1 Å². The molecule has 1 fully saturated rings. The quantitative estimate of drug-likeness (QED) is 0.719. The van der Waals surface area contributed by atoms with Crippen LogP contribution in [0.5, 0.6) is 0 Å². The van der Waals surface area contributed by atoms with E-state index in [1.807, 2.05) is 0 Å². The van der Waals surface area contributed by atoms with Crippen molar-refractivity contribution in [1.82, 2.24) is 0 Å². The van der Waals surface area contributed by atoms with Crippen LogP contribution in [0.3, 0.4) is 0 Å². The number of hydrogen-bond acceptors (Lipinski definition) is 4. The molecule has 0 radical (unpaired) electrons. The lowest BCUT2D eigenvalue weighted by atomic mass is 9.96. The summed E-state index contributed by atoms with van der Waals surface area (Å²) in [4.78, 5) is 0. The summed E-state index contributed by atoms with van der Waals surface area (Å²) in [6, 6.07) is 17.2. The second-order valence-corrected chi connectivity index (χ2v) is 6.49. The smallest absolute Gasteiger partial charge is 0.362 e. The molecule has 2 aromatic carbocycles. The Bertz CT molecular complexity index is 742. The molecule has 0 spiro atoms. The summed E-state index contributed by atoms with van der Waals surface area (Å²) >= 11 is 0. The molecule has 1 heterocycles. The van der Waals surface area contributed by atoms with Gasteiger partial charge in [0.05, 0.1) is 19.8 Å². The van der Waals surface area contributed by atoms with Gasteiger partial charge in [-0.15, -0.1) is 0 Å². The monoisotopic (exact) mass is 400 g/mol. The molecule has 1 aliphatic rings. The highest BCUT2D eigenvalue weighted by Gasteiger charge is 2.71. The van der Waals surface area contributed by atoms with Crippen molar-refractivity contribution in [2.24, 2.45) is 0 Å². The van der Waals surface area contributed by atoms with Crippen LogP contribution in [0, 0.1) is 0 Å². The Labute approximate surface area is 159 Å². The SMILES string of the molecule is OC1O[C@H](COCc2ccccc2)[C@H](OCc2ccccc2)C(F)(F)C1(F)F. The van der Waals surface area contributed by atoms with Crippen LogP contribution in [-0.4, -0.2) is 42.1 Å². The van der Waals surface area contributed by atoms with E-state index in [0.717, 1.165) is 5.56 Å². The molecule has 0 saturated carbocycles. The maximum absolute atomic E-state index is 14.4. The number of aliphatic hydroxyl groups is 1. The maximum atomic E-state index is 14.4. The largest absolute Gasteiger partial charge is 0.374 e. The average Bonchev–Trinajstić information content (AvgIpc) is 2.68. The van der Waals surface area contributed by atoms with Gasteiger partial charge in [0.25, 0.3) is 0 Å². The highest BCUT2D eigenvalue weighted by Crippen LogP contribution is 2.46. The fraction of sp³-hybridized carbons (Fsp3) is 0.400.